The van der Waals surface area contributed by atoms with Gasteiger partial charge in [0.1, 0.15) is 0 Å². The van der Waals surface area contributed by atoms with Crippen LogP contribution in [0.2, 0.25) is 0 Å². The molecule has 1 unspecified atom stereocenters. The fourth-order valence-corrected chi connectivity index (χ4v) is 2.97. The summed E-state index contributed by atoms with van der Waals surface area (Å²) in [5, 5.41) is 0. The highest BCUT2D eigenvalue weighted by atomic mass is 16.5. The fourth-order valence-electron chi connectivity index (χ4n) is 2.97. The van der Waals surface area contributed by atoms with Crippen molar-refractivity contribution in [3.05, 3.63) is 29.8 Å². The molecule has 102 valence electrons. The van der Waals surface area contributed by atoms with Gasteiger partial charge in [-0.2, -0.15) is 0 Å². The lowest BCUT2D eigenvalue weighted by molar-refractivity contribution is -0.121. The molecule has 19 heavy (non-hydrogen) atoms. The molecule has 0 aliphatic carbocycles. The maximum absolute atomic E-state index is 12.5. The monoisotopic (exact) mass is 260 g/mol. The lowest BCUT2D eigenvalue weighted by atomic mass is 10.1. The molecule has 1 aromatic rings. The average molecular weight is 260 g/mol. The minimum Gasteiger partial charge on any atom is -0.379 e. The Morgan fingerprint density at radius 3 is 2.84 bits per heavy atom. The standard InChI is InChI=1S/C15H20N2O2/c1-12-10-13-4-2-3-5-14(13)17(12)15(18)11-16-6-8-19-9-7-16/h2-5,12H,6-11H2,1H3. The second kappa shape index (κ2) is 5.31. The van der Waals surface area contributed by atoms with Crippen LogP contribution in [-0.2, 0) is 16.0 Å². The minimum absolute atomic E-state index is 0.208. The van der Waals surface area contributed by atoms with Gasteiger partial charge in [0.15, 0.2) is 0 Å². The van der Waals surface area contributed by atoms with Gasteiger partial charge in [0.2, 0.25) is 5.91 Å². The molecular weight excluding hydrogens is 240 g/mol. The van der Waals surface area contributed by atoms with E-state index in [1.54, 1.807) is 0 Å². The number of carbonyl (C=O) groups is 1. The van der Waals surface area contributed by atoms with Crippen LogP contribution in [-0.4, -0.2) is 49.7 Å². The Bertz CT molecular complexity index is 469. The molecule has 4 nitrogen and oxygen atoms in total. The predicted molar refractivity (Wildman–Crippen MR) is 74.4 cm³/mol. The van der Waals surface area contributed by atoms with Crippen LogP contribution in [0, 0.1) is 0 Å². The topological polar surface area (TPSA) is 32.8 Å². The quantitative estimate of drug-likeness (QED) is 0.803. The summed E-state index contributed by atoms with van der Waals surface area (Å²) < 4.78 is 5.32. The van der Waals surface area contributed by atoms with E-state index in [-0.39, 0.29) is 11.9 Å². The van der Waals surface area contributed by atoms with Gasteiger partial charge in [-0.25, -0.2) is 0 Å². The Labute approximate surface area is 113 Å². The third-order valence-corrected chi connectivity index (χ3v) is 3.94. The summed E-state index contributed by atoms with van der Waals surface area (Å²) in [4.78, 5) is 16.7. The number of amides is 1. The maximum atomic E-state index is 12.5. The number of nitrogens with zero attached hydrogens (tertiary/aromatic N) is 2. The molecule has 2 heterocycles. The number of morpholine rings is 1. The molecule has 1 saturated heterocycles. The van der Waals surface area contributed by atoms with Crippen molar-refractivity contribution in [2.75, 3.05) is 37.7 Å². The van der Waals surface area contributed by atoms with E-state index in [9.17, 15) is 4.79 Å². The first-order chi connectivity index (χ1) is 9.25. The number of benzene rings is 1. The number of ether oxygens (including phenoxy) is 1. The largest absolute Gasteiger partial charge is 0.379 e. The van der Waals surface area contributed by atoms with Crippen LogP contribution >= 0.6 is 0 Å². The van der Waals surface area contributed by atoms with Gasteiger partial charge >= 0.3 is 0 Å². The van der Waals surface area contributed by atoms with E-state index in [4.69, 9.17) is 4.74 Å². The van der Waals surface area contributed by atoms with Crippen molar-refractivity contribution < 1.29 is 9.53 Å². The zero-order valence-corrected chi connectivity index (χ0v) is 11.3. The van der Waals surface area contributed by atoms with E-state index >= 15 is 0 Å². The molecule has 1 aromatic carbocycles. The molecule has 0 spiro atoms. The zero-order chi connectivity index (χ0) is 13.2. The second-order valence-electron chi connectivity index (χ2n) is 5.33. The van der Waals surface area contributed by atoms with Gasteiger partial charge in [-0.1, -0.05) is 18.2 Å². The van der Waals surface area contributed by atoms with Crippen LogP contribution in [0.15, 0.2) is 24.3 Å². The third kappa shape index (κ3) is 2.51. The van der Waals surface area contributed by atoms with Gasteiger partial charge in [-0.15, -0.1) is 0 Å². The lowest BCUT2D eigenvalue weighted by Crippen LogP contribution is -2.46. The maximum Gasteiger partial charge on any atom is 0.241 e. The number of fused-ring (bicyclic) bond motifs is 1. The SMILES string of the molecule is CC1Cc2ccccc2N1C(=O)CN1CCOCC1. The van der Waals surface area contributed by atoms with Gasteiger partial charge in [0.25, 0.3) is 0 Å². The average Bonchev–Trinajstić information content (AvgIpc) is 2.75. The smallest absolute Gasteiger partial charge is 0.241 e. The van der Waals surface area contributed by atoms with Gasteiger partial charge in [0.05, 0.1) is 19.8 Å². The number of para-hydroxylation sites is 1. The highest BCUT2D eigenvalue weighted by Gasteiger charge is 2.31. The molecule has 1 fully saturated rings. The van der Waals surface area contributed by atoms with Crippen molar-refractivity contribution in [3.8, 4) is 0 Å². The van der Waals surface area contributed by atoms with Crippen LogP contribution in [0.4, 0.5) is 5.69 Å². The van der Waals surface area contributed by atoms with Crippen LogP contribution in [0.25, 0.3) is 0 Å². The van der Waals surface area contributed by atoms with E-state index in [0.717, 1.165) is 38.4 Å². The molecule has 2 aliphatic rings. The third-order valence-electron chi connectivity index (χ3n) is 3.94. The predicted octanol–water partition coefficient (Wildman–Crippen LogP) is 1.30. The number of anilines is 1. The number of hydrogen-bond donors (Lipinski definition) is 0. The highest BCUT2D eigenvalue weighted by Crippen LogP contribution is 2.31. The molecule has 4 heteroatoms. The first-order valence-electron chi connectivity index (χ1n) is 6.96. The van der Waals surface area contributed by atoms with Crippen molar-refractivity contribution in [3.63, 3.8) is 0 Å². The number of rotatable bonds is 2. The van der Waals surface area contributed by atoms with Crippen LogP contribution < -0.4 is 4.90 Å². The van der Waals surface area contributed by atoms with Gasteiger partial charge in [-0.05, 0) is 25.0 Å². The minimum atomic E-state index is 0.208. The normalized spacial score (nSPS) is 23.4. The Morgan fingerprint density at radius 1 is 1.32 bits per heavy atom. The molecule has 0 radical (unpaired) electrons. The van der Waals surface area contributed by atoms with Crippen LogP contribution in [0.5, 0.6) is 0 Å². The van der Waals surface area contributed by atoms with Crippen molar-refractivity contribution in [1.82, 2.24) is 4.90 Å². The second-order valence-corrected chi connectivity index (χ2v) is 5.33. The van der Waals surface area contributed by atoms with Crippen LogP contribution in [0.1, 0.15) is 12.5 Å². The molecule has 0 N–H and O–H groups in total. The Balaban J connectivity index is 1.72. The Kier molecular flexibility index (Phi) is 3.53. The molecule has 0 aromatic heterocycles. The van der Waals surface area contributed by atoms with Gasteiger partial charge < -0.3 is 9.64 Å². The fraction of sp³-hybridized carbons (Fsp3) is 0.533. The van der Waals surface area contributed by atoms with Gasteiger partial charge in [0, 0.05) is 24.8 Å². The van der Waals surface area contributed by atoms with Crippen molar-refractivity contribution in [1.29, 1.82) is 0 Å². The molecule has 0 saturated carbocycles. The molecule has 3 rings (SSSR count). The molecule has 2 aliphatic heterocycles. The Morgan fingerprint density at radius 2 is 2.05 bits per heavy atom. The Hall–Kier alpha value is -1.39. The van der Waals surface area contributed by atoms with E-state index < -0.39 is 0 Å². The summed E-state index contributed by atoms with van der Waals surface area (Å²) in [7, 11) is 0. The van der Waals surface area contributed by atoms with Crippen molar-refractivity contribution >= 4 is 11.6 Å². The lowest BCUT2D eigenvalue weighted by Gasteiger charge is -2.29. The molecule has 0 bridgehead atoms. The summed E-state index contributed by atoms with van der Waals surface area (Å²) in [6.07, 6.45) is 0.963. The van der Waals surface area contributed by atoms with Crippen molar-refractivity contribution in [2.24, 2.45) is 0 Å². The summed E-state index contributed by atoms with van der Waals surface area (Å²) in [5.74, 6) is 0.208. The summed E-state index contributed by atoms with van der Waals surface area (Å²) in [6.45, 7) is 5.81. The van der Waals surface area contributed by atoms with E-state index in [1.807, 2.05) is 17.0 Å². The van der Waals surface area contributed by atoms with Gasteiger partial charge in [-0.3, -0.25) is 9.69 Å². The highest BCUT2D eigenvalue weighted by molar-refractivity contribution is 5.97. The van der Waals surface area contributed by atoms with Crippen LogP contribution in [0.3, 0.4) is 0 Å². The molecular formula is C15H20N2O2. The summed E-state index contributed by atoms with van der Waals surface area (Å²) in [5.41, 5.74) is 2.37. The summed E-state index contributed by atoms with van der Waals surface area (Å²) in [6, 6.07) is 8.49. The molecule has 1 atom stereocenters. The van der Waals surface area contributed by atoms with E-state index in [2.05, 4.69) is 24.0 Å². The first kappa shape index (κ1) is 12.6. The summed E-state index contributed by atoms with van der Waals surface area (Å²) >= 11 is 0. The number of hydrogen-bond acceptors (Lipinski definition) is 3. The first-order valence-corrected chi connectivity index (χ1v) is 6.96. The van der Waals surface area contributed by atoms with E-state index in [1.165, 1.54) is 5.56 Å². The number of carbonyl (C=O) groups excluding carboxylic acids is 1. The zero-order valence-electron chi connectivity index (χ0n) is 11.3. The van der Waals surface area contributed by atoms with E-state index in [0.29, 0.717) is 6.54 Å². The molecule has 1 amide bonds. The van der Waals surface area contributed by atoms with Crippen molar-refractivity contribution in [2.45, 2.75) is 19.4 Å².